The molecule has 0 amide bonds. The fraction of sp³-hybridized carbons (Fsp3) is 0. The van der Waals surface area contributed by atoms with E-state index in [4.69, 9.17) is 5.26 Å². The smallest absolute Gasteiger partial charge is 0.296 e. The molecule has 0 aliphatic rings. The Morgan fingerprint density at radius 2 is 2.56 bits per heavy atom. The van der Waals surface area contributed by atoms with Gasteiger partial charge in [0.25, 0.3) is 0 Å². The molecule has 0 heterocycles. The van der Waals surface area contributed by atoms with Crippen LogP contribution in [0, 0.1) is 10.7 Å². The third-order valence-corrected chi connectivity index (χ3v) is 0.693. The van der Waals surface area contributed by atoms with Crippen LogP contribution in [0.5, 0.6) is 0 Å². The first-order valence-corrected chi connectivity index (χ1v) is 2.88. The number of isothiocyanates is 1. The van der Waals surface area contributed by atoms with E-state index in [9.17, 15) is 4.79 Å². The van der Waals surface area contributed by atoms with Gasteiger partial charge in [-0.25, -0.2) is 4.79 Å². The van der Waals surface area contributed by atoms with Crippen LogP contribution in [0.4, 0.5) is 4.79 Å². The van der Waals surface area contributed by atoms with E-state index < -0.39 is 5.30 Å². The number of carbonyl (C=O) groups excluding carboxylic acids is 1. The summed E-state index contributed by atoms with van der Waals surface area (Å²) >= 11 is 4.40. The summed E-state index contributed by atoms with van der Waals surface area (Å²) in [5.74, 6) is 0. The maximum atomic E-state index is 10.1. The Balaban J connectivity index is 3.54. The van der Waals surface area contributed by atoms with Crippen molar-refractivity contribution in [2.24, 2.45) is 5.16 Å². The molecule has 0 aromatic carbocycles. The maximum absolute atomic E-state index is 10.1. The first kappa shape index (κ1) is 8.11. The van der Waals surface area contributed by atoms with Crippen molar-refractivity contribution in [1.29, 1.82) is 5.26 Å². The monoisotopic (exact) mass is 160 g/mol. The fourth-order valence-electron chi connectivity index (χ4n) is 0.112. The lowest BCUT2D eigenvalue weighted by molar-refractivity contribution is 0.181. The fourth-order valence-corrected chi connectivity index (χ4v) is 0.298. The third-order valence-electron chi connectivity index (χ3n) is 0.286. The van der Waals surface area contributed by atoms with E-state index in [0.717, 1.165) is 0 Å². The van der Waals surface area contributed by atoms with Crippen LogP contribution >= 0.6 is 24.0 Å². The van der Waals surface area contributed by atoms with Gasteiger partial charge in [0, 0.05) is 0 Å². The molecule has 0 aliphatic heterocycles. The topological polar surface area (TPSA) is 62.5 Å². The highest BCUT2D eigenvalue weighted by Gasteiger charge is 1.99. The van der Waals surface area contributed by atoms with Crippen molar-refractivity contribution < 1.29 is 9.63 Å². The van der Waals surface area contributed by atoms with Crippen LogP contribution in [0.3, 0.4) is 0 Å². The molecule has 0 aromatic rings. The van der Waals surface area contributed by atoms with Crippen LogP contribution in [-0.2, 0) is 4.84 Å². The van der Waals surface area contributed by atoms with Crippen LogP contribution in [-0.4, -0.2) is 10.5 Å². The van der Waals surface area contributed by atoms with Crippen molar-refractivity contribution >= 4 is 34.4 Å². The van der Waals surface area contributed by atoms with Crippen molar-refractivity contribution in [2.75, 3.05) is 0 Å². The second-order valence-electron chi connectivity index (χ2n) is 0.717. The molecule has 0 N–H and O–H groups in total. The summed E-state index contributed by atoms with van der Waals surface area (Å²) in [6.45, 7) is 0. The Hall–Kier alpha value is -0.890. The predicted molar refractivity (Wildman–Crippen MR) is 34.7 cm³/mol. The molecule has 0 rings (SSSR count). The van der Waals surface area contributed by atoms with Gasteiger partial charge in [0.1, 0.15) is 10.6 Å². The second kappa shape index (κ2) is 5.25. The molecule has 46 valence electrons. The van der Waals surface area contributed by atoms with Gasteiger partial charge in [-0.3, -0.25) is 4.84 Å². The zero-order valence-electron chi connectivity index (χ0n) is 4.03. The van der Waals surface area contributed by atoms with Crippen LogP contribution in [0.15, 0.2) is 5.16 Å². The summed E-state index contributed by atoms with van der Waals surface area (Å²) in [6.07, 6.45) is 0. The largest absolute Gasteiger partial charge is 0.409 e. The zero-order chi connectivity index (χ0) is 7.11. The van der Waals surface area contributed by atoms with E-state index in [1.54, 1.807) is 5.16 Å². The number of carbonyl (C=O) groups is 1. The molecular weight excluding hydrogens is 160 g/mol. The van der Waals surface area contributed by atoms with E-state index >= 15 is 0 Å². The molecule has 0 atom stereocenters. The summed E-state index contributed by atoms with van der Waals surface area (Å²) in [5.41, 5.74) is 0. The number of nitriles is 1. The van der Waals surface area contributed by atoms with Crippen molar-refractivity contribution in [3.8, 4) is 5.40 Å². The summed E-state index contributed by atoms with van der Waals surface area (Å²) in [4.78, 5) is 14.1. The SMILES string of the molecule is N#CSC(=O)ON=C=S. The molecule has 0 radical (unpaired) electrons. The van der Waals surface area contributed by atoms with E-state index in [-0.39, 0.29) is 0 Å². The number of thiocarbonyl (C=S) groups is 1. The van der Waals surface area contributed by atoms with E-state index in [1.165, 1.54) is 5.40 Å². The Bertz CT molecular complexity index is 190. The van der Waals surface area contributed by atoms with Gasteiger partial charge in [-0.1, -0.05) is 0 Å². The number of hydrogen-bond acceptors (Lipinski definition) is 6. The molecule has 0 spiro atoms. The van der Waals surface area contributed by atoms with Crippen LogP contribution < -0.4 is 0 Å². The molecular formula is C3N2O2S2. The molecule has 4 nitrogen and oxygen atoms in total. The van der Waals surface area contributed by atoms with Gasteiger partial charge >= 0.3 is 5.30 Å². The van der Waals surface area contributed by atoms with Gasteiger partial charge in [-0.15, -0.1) is 0 Å². The highest BCUT2D eigenvalue weighted by Crippen LogP contribution is 2.00. The lowest BCUT2D eigenvalue weighted by Gasteiger charge is -1.82. The third kappa shape index (κ3) is 4.97. The van der Waals surface area contributed by atoms with Crippen molar-refractivity contribution in [3.63, 3.8) is 0 Å². The van der Waals surface area contributed by atoms with Crippen molar-refractivity contribution in [1.82, 2.24) is 0 Å². The normalized spacial score (nSPS) is 6.56. The Morgan fingerprint density at radius 3 is 3.00 bits per heavy atom. The van der Waals surface area contributed by atoms with Gasteiger partial charge in [-0.2, -0.15) is 5.26 Å². The summed E-state index contributed by atoms with van der Waals surface area (Å²) in [5, 5.41) is 13.2. The minimum atomic E-state index is -0.810. The van der Waals surface area contributed by atoms with Crippen LogP contribution in [0.25, 0.3) is 0 Å². The average molecular weight is 160 g/mol. The summed E-state index contributed by atoms with van der Waals surface area (Å²) < 4.78 is 0. The molecule has 9 heavy (non-hydrogen) atoms. The maximum Gasteiger partial charge on any atom is 0.409 e. The van der Waals surface area contributed by atoms with Crippen molar-refractivity contribution in [2.45, 2.75) is 0 Å². The first-order valence-electron chi connectivity index (χ1n) is 1.65. The first-order chi connectivity index (χ1) is 4.31. The molecule has 0 aliphatic carbocycles. The number of rotatable bonds is 1. The van der Waals surface area contributed by atoms with Gasteiger partial charge in [0.05, 0.1) is 11.8 Å². The predicted octanol–water partition coefficient (Wildman–Crippen LogP) is 1.36. The molecule has 0 saturated carbocycles. The Kier molecular flexibility index (Phi) is 4.73. The summed E-state index contributed by atoms with van der Waals surface area (Å²) in [7, 11) is 0. The van der Waals surface area contributed by atoms with Crippen LogP contribution in [0.2, 0.25) is 0 Å². The van der Waals surface area contributed by atoms with Gasteiger partial charge in [0.15, 0.2) is 0 Å². The molecule has 0 fully saturated rings. The van der Waals surface area contributed by atoms with Crippen LogP contribution in [0.1, 0.15) is 0 Å². The number of thioether (sulfide) groups is 1. The Labute approximate surface area is 60.5 Å². The second-order valence-corrected chi connectivity index (χ2v) is 1.62. The highest BCUT2D eigenvalue weighted by atomic mass is 32.2. The number of thiocyanates is 1. The quantitative estimate of drug-likeness (QED) is 0.190. The standard InChI is InChI=1S/C3N2O2S2/c4-1-9-3(6)7-5-2-8. The summed E-state index contributed by atoms with van der Waals surface area (Å²) in [6, 6.07) is 0. The molecule has 0 bridgehead atoms. The van der Waals surface area contributed by atoms with Gasteiger partial charge in [-0.05, 0) is 17.4 Å². The lowest BCUT2D eigenvalue weighted by Crippen LogP contribution is -1.85. The molecule has 6 heteroatoms. The van der Waals surface area contributed by atoms with E-state index in [1.807, 2.05) is 0 Å². The minimum Gasteiger partial charge on any atom is -0.296 e. The lowest BCUT2D eigenvalue weighted by atomic mass is 11.6. The van der Waals surface area contributed by atoms with Crippen molar-refractivity contribution in [3.05, 3.63) is 0 Å². The zero-order valence-corrected chi connectivity index (χ0v) is 5.66. The average Bonchev–Trinajstić information content (AvgIpc) is 1.85. The Morgan fingerprint density at radius 1 is 1.89 bits per heavy atom. The number of nitrogens with zero attached hydrogens (tertiary/aromatic N) is 2. The van der Waals surface area contributed by atoms with Gasteiger partial charge < -0.3 is 0 Å². The minimum absolute atomic E-state index is 0.336. The number of hydrogen-bond donors (Lipinski definition) is 0. The molecule has 0 aromatic heterocycles. The highest BCUT2D eigenvalue weighted by molar-refractivity contribution is 8.17. The van der Waals surface area contributed by atoms with E-state index in [0.29, 0.717) is 11.8 Å². The molecule has 0 saturated heterocycles. The molecule has 0 unspecified atom stereocenters. The van der Waals surface area contributed by atoms with Gasteiger partial charge in [0.2, 0.25) is 0 Å². The van der Waals surface area contributed by atoms with E-state index in [2.05, 4.69) is 22.2 Å².